The SMILES string of the molecule is O=c1n(C23CC(F)(C2)C3)nc2n1[C@H](c1ccc(Cl)cc1)CC2. The molecule has 1 aromatic heterocycles. The molecule has 3 saturated carbocycles. The van der Waals surface area contributed by atoms with Gasteiger partial charge in [0.25, 0.3) is 0 Å². The zero-order valence-electron chi connectivity index (χ0n) is 11.9. The van der Waals surface area contributed by atoms with Crippen LogP contribution in [0.2, 0.25) is 5.02 Å². The average molecular weight is 320 g/mol. The number of aromatic nitrogens is 3. The molecule has 0 radical (unpaired) electrons. The van der Waals surface area contributed by atoms with Crippen molar-refractivity contribution in [2.75, 3.05) is 0 Å². The highest BCUT2D eigenvalue weighted by atomic mass is 35.5. The Morgan fingerprint density at radius 2 is 1.91 bits per heavy atom. The van der Waals surface area contributed by atoms with Crippen LogP contribution >= 0.6 is 11.6 Å². The van der Waals surface area contributed by atoms with Crippen LogP contribution in [0.4, 0.5) is 4.39 Å². The molecule has 2 heterocycles. The molecule has 4 nitrogen and oxygen atoms in total. The first-order valence-electron chi connectivity index (χ1n) is 7.65. The second-order valence-corrected chi connectivity index (χ2v) is 7.43. The molecule has 0 N–H and O–H groups in total. The predicted molar refractivity (Wildman–Crippen MR) is 80.1 cm³/mol. The quantitative estimate of drug-likeness (QED) is 0.854. The molecule has 6 heteroatoms. The van der Waals surface area contributed by atoms with Crippen molar-refractivity contribution in [3.63, 3.8) is 0 Å². The van der Waals surface area contributed by atoms with E-state index in [0.29, 0.717) is 24.3 Å². The number of hydrogen-bond donors (Lipinski definition) is 0. The minimum Gasteiger partial charge on any atom is -0.271 e. The van der Waals surface area contributed by atoms with E-state index in [2.05, 4.69) is 5.10 Å². The standard InChI is InChI=1S/C16H15ClFN3O/c17-11-3-1-10(2-4-11)12-5-6-13-19-21(14(22)20(12)13)16-7-15(18,8-16)9-16/h1-4,12H,5-9H2/t12-,15?,16?/m0/s1. The van der Waals surface area contributed by atoms with Gasteiger partial charge in [0.05, 0.1) is 11.6 Å². The lowest BCUT2D eigenvalue weighted by molar-refractivity contribution is -0.205. The van der Waals surface area contributed by atoms with E-state index < -0.39 is 5.67 Å². The third kappa shape index (κ3) is 1.47. The first-order valence-corrected chi connectivity index (χ1v) is 8.03. The van der Waals surface area contributed by atoms with E-state index in [0.717, 1.165) is 24.2 Å². The number of nitrogens with zero attached hydrogens (tertiary/aromatic N) is 3. The number of aryl methyl sites for hydroxylation is 1. The van der Waals surface area contributed by atoms with Crippen molar-refractivity contribution >= 4 is 11.6 Å². The van der Waals surface area contributed by atoms with Crippen LogP contribution in [0.1, 0.15) is 43.1 Å². The van der Waals surface area contributed by atoms with Gasteiger partial charge in [-0.2, -0.15) is 5.10 Å². The molecule has 3 fully saturated rings. The number of halogens is 2. The summed E-state index contributed by atoms with van der Waals surface area (Å²) in [4.78, 5) is 12.8. The maximum absolute atomic E-state index is 13.8. The van der Waals surface area contributed by atoms with Crippen molar-refractivity contribution in [1.29, 1.82) is 0 Å². The Bertz CT molecular complexity index is 818. The lowest BCUT2D eigenvalue weighted by Gasteiger charge is -2.64. The summed E-state index contributed by atoms with van der Waals surface area (Å²) in [5, 5.41) is 5.21. The summed E-state index contributed by atoms with van der Waals surface area (Å²) in [7, 11) is 0. The summed E-state index contributed by atoms with van der Waals surface area (Å²) in [6.07, 6.45) is 3.00. The van der Waals surface area contributed by atoms with Crippen molar-refractivity contribution in [3.8, 4) is 0 Å². The monoisotopic (exact) mass is 319 g/mol. The van der Waals surface area contributed by atoms with Crippen molar-refractivity contribution in [3.05, 3.63) is 51.2 Å². The lowest BCUT2D eigenvalue weighted by Crippen LogP contribution is -2.72. The number of hydrogen-bond acceptors (Lipinski definition) is 2. The van der Waals surface area contributed by atoms with Gasteiger partial charge in [0.2, 0.25) is 0 Å². The molecule has 4 aliphatic rings. The third-order valence-electron chi connectivity index (χ3n) is 5.48. The summed E-state index contributed by atoms with van der Waals surface area (Å²) < 4.78 is 17.1. The molecular weight excluding hydrogens is 305 g/mol. The molecule has 0 spiro atoms. The van der Waals surface area contributed by atoms with Crippen LogP contribution < -0.4 is 5.69 Å². The summed E-state index contributed by atoms with van der Waals surface area (Å²) in [6, 6.07) is 7.63. The molecule has 1 aromatic carbocycles. The molecular formula is C16H15ClFN3O. The van der Waals surface area contributed by atoms with Crippen LogP contribution in [-0.4, -0.2) is 20.0 Å². The highest BCUT2D eigenvalue weighted by molar-refractivity contribution is 6.30. The summed E-state index contributed by atoms with van der Waals surface area (Å²) >= 11 is 5.94. The average Bonchev–Trinajstić information content (AvgIpc) is 2.97. The third-order valence-corrected chi connectivity index (χ3v) is 5.73. The number of benzene rings is 1. The Morgan fingerprint density at radius 3 is 2.55 bits per heavy atom. The van der Waals surface area contributed by atoms with Gasteiger partial charge in [0.1, 0.15) is 11.5 Å². The van der Waals surface area contributed by atoms with Crippen LogP contribution in [0.25, 0.3) is 0 Å². The number of fused-ring (bicyclic) bond motifs is 1. The van der Waals surface area contributed by atoms with E-state index in [1.54, 1.807) is 9.25 Å². The topological polar surface area (TPSA) is 39.8 Å². The van der Waals surface area contributed by atoms with Crippen LogP contribution in [0, 0.1) is 0 Å². The Hall–Kier alpha value is -1.62. The molecule has 1 aliphatic heterocycles. The molecule has 114 valence electrons. The van der Waals surface area contributed by atoms with E-state index in [1.807, 2.05) is 24.3 Å². The van der Waals surface area contributed by atoms with Crippen molar-refractivity contribution in [2.45, 2.75) is 49.4 Å². The van der Waals surface area contributed by atoms with Gasteiger partial charge < -0.3 is 0 Å². The Labute approximate surface area is 131 Å². The predicted octanol–water partition coefficient (Wildman–Crippen LogP) is 2.83. The van der Waals surface area contributed by atoms with E-state index in [-0.39, 0.29) is 17.3 Å². The summed E-state index contributed by atoms with van der Waals surface area (Å²) in [5.41, 5.74) is -0.380. The van der Waals surface area contributed by atoms with E-state index in [9.17, 15) is 9.18 Å². The number of alkyl halides is 1. The zero-order valence-corrected chi connectivity index (χ0v) is 12.7. The smallest absolute Gasteiger partial charge is 0.271 e. The van der Waals surface area contributed by atoms with Crippen LogP contribution in [0.5, 0.6) is 0 Å². The molecule has 2 aromatic rings. The summed E-state index contributed by atoms with van der Waals surface area (Å²) in [6.45, 7) is 0. The molecule has 1 atom stereocenters. The van der Waals surface area contributed by atoms with Crippen LogP contribution in [0.3, 0.4) is 0 Å². The van der Waals surface area contributed by atoms with E-state index in [1.165, 1.54) is 0 Å². The molecule has 22 heavy (non-hydrogen) atoms. The maximum atomic E-state index is 13.8. The van der Waals surface area contributed by atoms with Crippen LogP contribution in [0.15, 0.2) is 29.1 Å². The zero-order chi connectivity index (χ0) is 15.1. The minimum atomic E-state index is -1.02. The lowest BCUT2D eigenvalue weighted by atomic mass is 9.47. The fourth-order valence-corrected chi connectivity index (χ4v) is 4.57. The van der Waals surface area contributed by atoms with Gasteiger partial charge in [-0.15, -0.1) is 0 Å². The van der Waals surface area contributed by atoms with Gasteiger partial charge in [0.15, 0.2) is 0 Å². The minimum absolute atomic E-state index is 0.0141. The Morgan fingerprint density at radius 1 is 1.23 bits per heavy atom. The fourth-order valence-electron chi connectivity index (χ4n) is 4.45. The van der Waals surface area contributed by atoms with Gasteiger partial charge in [-0.1, -0.05) is 23.7 Å². The highest BCUT2D eigenvalue weighted by Gasteiger charge is 2.71. The second kappa shape index (κ2) is 3.82. The highest BCUT2D eigenvalue weighted by Crippen LogP contribution is 2.66. The van der Waals surface area contributed by atoms with Crippen molar-refractivity contribution in [2.24, 2.45) is 0 Å². The van der Waals surface area contributed by atoms with Gasteiger partial charge in [0, 0.05) is 30.7 Å². The first-order chi connectivity index (χ1) is 10.5. The van der Waals surface area contributed by atoms with Crippen LogP contribution in [-0.2, 0) is 12.0 Å². The summed E-state index contributed by atoms with van der Waals surface area (Å²) in [5.74, 6) is 0.822. The second-order valence-electron chi connectivity index (χ2n) is 6.99. The van der Waals surface area contributed by atoms with E-state index in [4.69, 9.17) is 11.6 Å². The first kappa shape index (κ1) is 12.9. The molecule has 2 bridgehead atoms. The number of rotatable bonds is 2. The van der Waals surface area contributed by atoms with E-state index >= 15 is 0 Å². The maximum Gasteiger partial charge on any atom is 0.347 e. The van der Waals surface area contributed by atoms with Gasteiger partial charge in [-0.3, -0.25) is 4.57 Å². The van der Waals surface area contributed by atoms with Gasteiger partial charge >= 0.3 is 5.69 Å². The molecule has 0 amide bonds. The molecule has 0 saturated heterocycles. The van der Waals surface area contributed by atoms with Crippen molar-refractivity contribution < 1.29 is 4.39 Å². The molecule has 0 unspecified atom stereocenters. The van der Waals surface area contributed by atoms with Gasteiger partial charge in [-0.05, 0) is 24.1 Å². The Kier molecular flexibility index (Phi) is 2.24. The van der Waals surface area contributed by atoms with Crippen molar-refractivity contribution in [1.82, 2.24) is 14.3 Å². The molecule has 3 aliphatic carbocycles. The molecule has 6 rings (SSSR count). The largest absolute Gasteiger partial charge is 0.347 e. The fraction of sp³-hybridized carbons (Fsp3) is 0.500. The normalized spacial score (nSPS) is 34.9. The van der Waals surface area contributed by atoms with Gasteiger partial charge in [-0.25, -0.2) is 13.9 Å². The Balaban J connectivity index is 1.56.